The number of halogens is 2. The van der Waals surface area contributed by atoms with E-state index < -0.39 is 6.04 Å². The van der Waals surface area contributed by atoms with Crippen LogP contribution in [-0.4, -0.2) is 14.5 Å². The largest absolute Gasteiger partial charge is 0.384 e. The zero-order valence-corrected chi connectivity index (χ0v) is 16.7. The third kappa shape index (κ3) is 2.46. The molecule has 1 atom stereocenters. The van der Waals surface area contributed by atoms with E-state index in [4.69, 9.17) is 17.3 Å². The predicted octanol–water partition coefficient (Wildman–Crippen LogP) is 4.71. The van der Waals surface area contributed by atoms with Crippen LogP contribution in [0.2, 0.25) is 5.15 Å². The highest BCUT2D eigenvalue weighted by atomic mass is 79.9. The Hall–Kier alpha value is -3.08. The Morgan fingerprint density at radius 3 is 2.79 bits per heavy atom. The maximum Gasteiger partial charge on any atom is 0.210 e. The summed E-state index contributed by atoms with van der Waals surface area (Å²) in [5, 5.41) is 14.1. The Balaban J connectivity index is 1.85. The highest BCUT2D eigenvalue weighted by Gasteiger charge is 2.33. The summed E-state index contributed by atoms with van der Waals surface area (Å²) in [5.74, 6) is 0.828. The number of anilines is 1. The molecule has 0 fully saturated rings. The van der Waals surface area contributed by atoms with Gasteiger partial charge in [-0.05, 0) is 36.4 Å². The number of hydrogen-bond acceptors (Lipinski definition) is 5. The number of nitrogens with zero attached hydrogens (tertiary/aromatic N) is 4. The van der Waals surface area contributed by atoms with Crippen molar-refractivity contribution in [2.75, 3.05) is 5.32 Å². The number of benzene rings is 2. The molecule has 0 amide bonds. The lowest BCUT2D eigenvalue weighted by molar-refractivity contribution is 0.679. The van der Waals surface area contributed by atoms with Crippen LogP contribution in [0.25, 0.3) is 21.9 Å². The lowest BCUT2D eigenvalue weighted by atomic mass is 9.97. The van der Waals surface area contributed by atoms with Crippen LogP contribution < -0.4 is 11.1 Å². The summed E-state index contributed by atoms with van der Waals surface area (Å²) in [6, 6.07) is 17.1. The second-order valence-corrected chi connectivity index (χ2v) is 7.74. The fraction of sp³-hybridized carbons (Fsp3) is 0.0500. The summed E-state index contributed by atoms with van der Waals surface area (Å²) in [6.45, 7) is 0. The summed E-state index contributed by atoms with van der Waals surface area (Å²) >= 11 is 10.1. The number of rotatable bonds is 1. The molecule has 1 aliphatic rings. The van der Waals surface area contributed by atoms with Gasteiger partial charge in [-0.1, -0.05) is 39.7 Å². The molecule has 0 saturated heterocycles. The molecule has 0 saturated carbocycles. The molecule has 5 rings (SSSR count). The van der Waals surface area contributed by atoms with Crippen LogP contribution in [0.3, 0.4) is 0 Å². The van der Waals surface area contributed by atoms with Gasteiger partial charge in [0.2, 0.25) is 5.95 Å². The molecule has 0 spiro atoms. The molecule has 136 valence electrons. The number of hydrogen-bond donors (Lipinski definition) is 2. The number of fused-ring (bicyclic) bond motifs is 4. The summed E-state index contributed by atoms with van der Waals surface area (Å²) in [4.78, 5) is 9.15. The molecule has 2 aromatic carbocycles. The van der Waals surface area contributed by atoms with Crippen LogP contribution in [0.5, 0.6) is 0 Å². The molecule has 4 aromatic rings. The molecule has 8 heteroatoms. The van der Waals surface area contributed by atoms with E-state index in [1.54, 1.807) is 0 Å². The van der Waals surface area contributed by atoms with Crippen LogP contribution in [0, 0.1) is 11.3 Å². The second kappa shape index (κ2) is 6.23. The molecule has 28 heavy (non-hydrogen) atoms. The van der Waals surface area contributed by atoms with Crippen molar-refractivity contribution in [2.45, 2.75) is 6.04 Å². The Bertz CT molecular complexity index is 1350. The first kappa shape index (κ1) is 17.0. The number of imidazole rings is 1. The van der Waals surface area contributed by atoms with Gasteiger partial charge in [0, 0.05) is 15.4 Å². The Kier molecular flexibility index (Phi) is 3.79. The number of nitrogens with two attached hydrogens (primary N) is 1. The molecule has 0 aliphatic carbocycles. The molecule has 3 N–H and O–H groups in total. The topological polar surface area (TPSA) is 92.5 Å². The van der Waals surface area contributed by atoms with E-state index in [0.29, 0.717) is 22.2 Å². The Labute approximate surface area is 173 Å². The summed E-state index contributed by atoms with van der Waals surface area (Å²) < 4.78 is 2.88. The van der Waals surface area contributed by atoms with Crippen LogP contribution in [0.1, 0.15) is 11.6 Å². The first-order valence-electron chi connectivity index (χ1n) is 8.46. The smallest absolute Gasteiger partial charge is 0.210 e. The average Bonchev–Trinajstić information content (AvgIpc) is 3.04. The van der Waals surface area contributed by atoms with Gasteiger partial charge in [-0.15, -0.1) is 0 Å². The van der Waals surface area contributed by atoms with Gasteiger partial charge in [-0.3, -0.25) is 4.57 Å². The third-order valence-corrected chi connectivity index (χ3v) is 5.63. The van der Waals surface area contributed by atoms with Crippen molar-refractivity contribution >= 4 is 55.4 Å². The molecular formula is C20H12BrClN6. The molecule has 1 unspecified atom stereocenters. The standard InChI is InChI=1S/C20H12BrClN6/c21-11-5-6-14-10(7-11)8-12(18(22)25-14)17-13(9-23)19(24)27-20-26-15-3-1-2-4-16(15)28(17)20/h1-8,17H,24H2,(H,26,27). The van der Waals surface area contributed by atoms with Crippen LogP contribution in [0.15, 0.2) is 64.4 Å². The minimum Gasteiger partial charge on any atom is -0.384 e. The lowest BCUT2D eigenvalue weighted by Gasteiger charge is -2.28. The van der Waals surface area contributed by atoms with E-state index >= 15 is 0 Å². The molecule has 0 radical (unpaired) electrons. The quantitative estimate of drug-likeness (QED) is 0.409. The minimum atomic E-state index is -0.531. The number of pyridine rings is 1. The highest BCUT2D eigenvalue weighted by Crippen LogP contribution is 2.40. The van der Waals surface area contributed by atoms with Crippen LogP contribution >= 0.6 is 27.5 Å². The highest BCUT2D eigenvalue weighted by molar-refractivity contribution is 9.10. The zero-order chi connectivity index (χ0) is 19.4. The van der Waals surface area contributed by atoms with Crippen molar-refractivity contribution in [3.8, 4) is 6.07 Å². The lowest BCUT2D eigenvalue weighted by Crippen LogP contribution is -2.28. The number of allylic oxidation sites excluding steroid dienone is 1. The normalized spacial score (nSPS) is 16.1. The van der Waals surface area contributed by atoms with Crippen LogP contribution in [-0.2, 0) is 0 Å². The van der Waals surface area contributed by atoms with E-state index in [9.17, 15) is 5.26 Å². The number of nitriles is 1. The second-order valence-electron chi connectivity index (χ2n) is 6.47. The van der Waals surface area contributed by atoms with Gasteiger partial charge in [0.05, 0.1) is 22.1 Å². The zero-order valence-electron chi connectivity index (χ0n) is 14.3. The maximum atomic E-state index is 9.84. The van der Waals surface area contributed by atoms with Crippen molar-refractivity contribution in [1.82, 2.24) is 14.5 Å². The van der Waals surface area contributed by atoms with E-state index in [-0.39, 0.29) is 5.82 Å². The van der Waals surface area contributed by atoms with Gasteiger partial charge in [0.1, 0.15) is 23.1 Å². The van der Waals surface area contributed by atoms with Gasteiger partial charge in [-0.25, -0.2) is 9.97 Å². The van der Waals surface area contributed by atoms with Gasteiger partial charge in [0.25, 0.3) is 0 Å². The predicted molar refractivity (Wildman–Crippen MR) is 113 cm³/mol. The molecule has 2 aromatic heterocycles. The average molecular weight is 452 g/mol. The molecule has 6 nitrogen and oxygen atoms in total. The van der Waals surface area contributed by atoms with Crippen molar-refractivity contribution in [2.24, 2.45) is 5.73 Å². The summed E-state index contributed by atoms with van der Waals surface area (Å²) in [6.07, 6.45) is 0. The SMILES string of the molecule is N#CC1=C(N)Nc2nc3ccccc3n2C1c1cc2cc(Br)ccc2nc1Cl. The van der Waals surface area contributed by atoms with E-state index in [1.807, 2.05) is 53.1 Å². The summed E-state index contributed by atoms with van der Waals surface area (Å²) in [7, 11) is 0. The number of nitrogens with one attached hydrogen (secondary N) is 1. The van der Waals surface area contributed by atoms with Crippen molar-refractivity contribution < 1.29 is 0 Å². The van der Waals surface area contributed by atoms with Gasteiger partial charge in [-0.2, -0.15) is 5.26 Å². The third-order valence-electron chi connectivity index (χ3n) is 4.84. The van der Waals surface area contributed by atoms with E-state index in [1.165, 1.54) is 0 Å². The first-order valence-corrected chi connectivity index (χ1v) is 9.63. The van der Waals surface area contributed by atoms with Crippen molar-refractivity contribution in [3.63, 3.8) is 0 Å². The fourth-order valence-corrected chi connectivity index (χ4v) is 4.23. The van der Waals surface area contributed by atoms with E-state index in [2.05, 4.69) is 37.3 Å². The Morgan fingerprint density at radius 1 is 1.14 bits per heavy atom. The molecule has 0 bridgehead atoms. The van der Waals surface area contributed by atoms with Gasteiger partial charge < -0.3 is 11.1 Å². The van der Waals surface area contributed by atoms with Crippen molar-refractivity contribution in [1.29, 1.82) is 5.26 Å². The number of para-hydroxylation sites is 2. The minimum absolute atomic E-state index is 0.265. The summed E-state index contributed by atoms with van der Waals surface area (Å²) in [5.41, 5.74) is 9.68. The number of aromatic nitrogens is 3. The Morgan fingerprint density at radius 2 is 1.96 bits per heavy atom. The fourth-order valence-electron chi connectivity index (χ4n) is 3.61. The van der Waals surface area contributed by atoms with Crippen LogP contribution in [0.4, 0.5) is 5.95 Å². The maximum absolute atomic E-state index is 9.84. The molecule has 3 heterocycles. The van der Waals surface area contributed by atoms with Crippen molar-refractivity contribution in [3.05, 3.63) is 75.1 Å². The van der Waals surface area contributed by atoms with E-state index in [0.717, 1.165) is 26.4 Å². The monoisotopic (exact) mass is 450 g/mol. The molecule has 1 aliphatic heterocycles. The molecular weight excluding hydrogens is 440 g/mol. The van der Waals surface area contributed by atoms with Gasteiger partial charge >= 0.3 is 0 Å². The van der Waals surface area contributed by atoms with Gasteiger partial charge in [0.15, 0.2) is 0 Å². The first-order chi connectivity index (χ1) is 13.6.